The lowest BCUT2D eigenvalue weighted by Crippen LogP contribution is -2.63. The Labute approximate surface area is 218 Å². The average molecular weight is 520 g/mol. The summed E-state index contributed by atoms with van der Waals surface area (Å²) in [5, 5.41) is 27.7. The average Bonchev–Trinajstić information content (AvgIpc) is 3.55. The number of ether oxygens (including phenoxy) is 2. The molecule has 3 heterocycles. The summed E-state index contributed by atoms with van der Waals surface area (Å²) in [7, 11) is 5.44. The summed E-state index contributed by atoms with van der Waals surface area (Å²) >= 11 is 1.24. The first-order chi connectivity index (χ1) is 17.8. The van der Waals surface area contributed by atoms with Crippen molar-refractivity contribution in [1.29, 1.82) is 5.26 Å². The zero-order valence-electron chi connectivity index (χ0n) is 20.6. The van der Waals surface area contributed by atoms with Gasteiger partial charge in [0.2, 0.25) is 5.88 Å². The molecule has 6 rings (SSSR count). The first-order valence-corrected chi connectivity index (χ1v) is 12.8. The number of hydrogen-bond donors (Lipinski definition) is 2. The molecule has 1 fully saturated rings. The molecule has 2 aromatic carbocycles. The Morgan fingerprint density at radius 1 is 1.27 bits per heavy atom. The molecule has 1 saturated carbocycles. The Bertz CT molecular complexity index is 1440. The van der Waals surface area contributed by atoms with Crippen LogP contribution < -0.4 is 10.1 Å². The molecular formula is C27H26FN5O3S. The van der Waals surface area contributed by atoms with Crippen molar-refractivity contribution in [3.05, 3.63) is 82.0 Å². The maximum atomic E-state index is 14.7. The number of amidine groups is 1. The van der Waals surface area contributed by atoms with Gasteiger partial charge in [0.05, 0.1) is 17.2 Å². The highest BCUT2D eigenvalue weighted by molar-refractivity contribution is 7.03. The third-order valence-electron chi connectivity index (χ3n) is 7.80. The molecule has 0 bridgehead atoms. The Morgan fingerprint density at radius 2 is 2.05 bits per heavy atom. The van der Waals surface area contributed by atoms with Gasteiger partial charge in [-0.15, -0.1) is 0 Å². The molecule has 2 N–H and O–H groups in total. The number of methoxy groups -OCH3 is 1. The van der Waals surface area contributed by atoms with Gasteiger partial charge in [-0.3, -0.25) is 0 Å². The zero-order chi connectivity index (χ0) is 26.0. The topological polar surface area (TPSA) is 103 Å². The van der Waals surface area contributed by atoms with E-state index in [1.165, 1.54) is 23.7 Å². The van der Waals surface area contributed by atoms with E-state index < -0.39 is 28.7 Å². The first kappa shape index (κ1) is 24.0. The van der Waals surface area contributed by atoms with Gasteiger partial charge >= 0.3 is 0 Å². The van der Waals surface area contributed by atoms with E-state index >= 15 is 0 Å². The van der Waals surface area contributed by atoms with Gasteiger partial charge in [0, 0.05) is 30.9 Å². The molecule has 5 atom stereocenters. The fraction of sp³-hybridized carbons (Fsp3) is 0.370. The van der Waals surface area contributed by atoms with E-state index in [0.29, 0.717) is 35.0 Å². The Morgan fingerprint density at radius 3 is 2.73 bits per heavy atom. The van der Waals surface area contributed by atoms with Gasteiger partial charge in [0.15, 0.2) is 16.9 Å². The van der Waals surface area contributed by atoms with Gasteiger partial charge in [0.1, 0.15) is 18.3 Å². The second-order valence-electron chi connectivity index (χ2n) is 10.1. The van der Waals surface area contributed by atoms with Crippen LogP contribution in [0.4, 0.5) is 4.39 Å². The number of nitrogens with zero attached hydrogens (tertiary/aromatic N) is 4. The smallest absolute Gasteiger partial charge is 0.232 e. The van der Waals surface area contributed by atoms with Crippen LogP contribution in [-0.2, 0) is 15.9 Å². The lowest BCUT2D eigenvalue weighted by atomic mass is 9.68. The van der Waals surface area contributed by atoms with Gasteiger partial charge < -0.3 is 24.8 Å². The molecule has 0 amide bonds. The summed E-state index contributed by atoms with van der Waals surface area (Å²) in [6, 6.07) is 15.7. The first-order valence-electron chi connectivity index (χ1n) is 11.9. The van der Waals surface area contributed by atoms with E-state index in [9.17, 15) is 14.8 Å². The molecule has 8 nitrogen and oxygen atoms in total. The van der Waals surface area contributed by atoms with E-state index in [1.807, 2.05) is 42.6 Å². The molecule has 1 aliphatic carbocycles. The predicted molar refractivity (Wildman–Crippen MR) is 136 cm³/mol. The number of halogens is 1. The van der Waals surface area contributed by atoms with Crippen molar-refractivity contribution in [3.8, 4) is 11.9 Å². The monoisotopic (exact) mass is 519 g/mol. The molecular weight excluding hydrogens is 493 g/mol. The van der Waals surface area contributed by atoms with Crippen LogP contribution in [0, 0.1) is 23.1 Å². The third kappa shape index (κ3) is 3.03. The number of nitriles is 1. The summed E-state index contributed by atoms with van der Waals surface area (Å²) in [6.07, 6.45) is 0. The standard InChI is InChI=1S/C27H26FN5O3S/c1-33(2)13-20-23(17-5-4-6-19(28)11-17)25(18-9-7-16(12-29)8-10-18)26(21-15-37-32-24(21)36-25)27(20,34)31-22(30-26)14-35-3/h4-11,15,20,23,34H,13-14H2,1-3H3,(H,30,31)/t20-,23-,25+,26-,27-/m1/s1. The molecule has 10 heteroatoms. The summed E-state index contributed by atoms with van der Waals surface area (Å²) in [5.41, 5.74) is -1.64. The van der Waals surface area contributed by atoms with Gasteiger partial charge in [-0.1, -0.05) is 24.3 Å². The fourth-order valence-electron chi connectivity index (χ4n) is 6.65. The maximum Gasteiger partial charge on any atom is 0.232 e. The molecule has 37 heavy (non-hydrogen) atoms. The molecule has 0 saturated heterocycles. The molecule has 0 unspecified atom stereocenters. The number of fused-ring (bicyclic) bond motifs is 1. The zero-order valence-corrected chi connectivity index (χ0v) is 21.4. The molecule has 3 aliphatic rings. The van der Waals surface area contributed by atoms with Crippen molar-refractivity contribution in [2.45, 2.75) is 22.8 Å². The van der Waals surface area contributed by atoms with Crippen molar-refractivity contribution < 1.29 is 19.0 Å². The number of aliphatic imine (C=N–C) groups is 1. The molecule has 3 aromatic rings. The van der Waals surface area contributed by atoms with Crippen LogP contribution >= 0.6 is 11.5 Å². The van der Waals surface area contributed by atoms with E-state index in [-0.39, 0.29) is 12.4 Å². The minimum atomic E-state index is -1.69. The van der Waals surface area contributed by atoms with Crippen molar-refractivity contribution >= 4 is 17.4 Å². The van der Waals surface area contributed by atoms with Crippen molar-refractivity contribution in [2.24, 2.45) is 10.9 Å². The predicted octanol–water partition coefficient (Wildman–Crippen LogP) is 2.95. The highest BCUT2D eigenvalue weighted by atomic mass is 32.1. The summed E-state index contributed by atoms with van der Waals surface area (Å²) < 4.78 is 31.5. The number of rotatable bonds is 6. The normalized spacial score (nSPS) is 31.2. The number of nitrogens with one attached hydrogen (secondary N) is 1. The van der Waals surface area contributed by atoms with Crippen LogP contribution in [0.15, 0.2) is 58.9 Å². The second kappa shape index (κ2) is 8.33. The van der Waals surface area contributed by atoms with E-state index in [1.54, 1.807) is 25.3 Å². The number of aliphatic hydroxyl groups is 1. The lowest BCUT2D eigenvalue weighted by molar-refractivity contribution is -0.0807. The SMILES string of the molecule is COCC1=N[C@@]2(O)[C@H](CN(C)C)[C@@H](c3cccc(F)c3)[C@]3(c4ccc(C#N)cc4)Oc4nscc4[C@]23N1. The largest absolute Gasteiger partial charge is 0.461 e. The second-order valence-corrected chi connectivity index (χ2v) is 10.7. The lowest BCUT2D eigenvalue weighted by Gasteiger charge is -2.43. The van der Waals surface area contributed by atoms with Crippen molar-refractivity contribution in [2.75, 3.05) is 34.4 Å². The summed E-state index contributed by atoms with van der Waals surface area (Å²) in [6.45, 7) is 0.610. The van der Waals surface area contributed by atoms with Crippen LogP contribution in [0.2, 0.25) is 0 Å². The maximum absolute atomic E-state index is 14.7. The van der Waals surface area contributed by atoms with Gasteiger partial charge in [-0.25, -0.2) is 9.38 Å². The van der Waals surface area contributed by atoms with E-state index in [4.69, 9.17) is 14.5 Å². The van der Waals surface area contributed by atoms with Crippen LogP contribution in [-0.4, -0.2) is 60.3 Å². The Balaban J connectivity index is 1.71. The molecule has 1 aromatic heterocycles. The van der Waals surface area contributed by atoms with Crippen LogP contribution in [0.3, 0.4) is 0 Å². The number of hydrogen-bond acceptors (Lipinski definition) is 9. The number of aromatic nitrogens is 1. The van der Waals surface area contributed by atoms with Gasteiger partial charge in [0.25, 0.3) is 0 Å². The minimum Gasteiger partial charge on any atom is -0.461 e. The molecule has 2 aliphatic heterocycles. The summed E-state index contributed by atoms with van der Waals surface area (Å²) in [4.78, 5) is 6.87. The quantitative estimate of drug-likeness (QED) is 0.516. The summed E-state index contributed by atoms with van der Waals surface area (Å²) in [5.74, 6) is -0.542. The van der Waals surface area contributed by atoms with Gasteiger partial charge in [-0.2, -0.15) is 9.64 Å². The Hall–Kier alpha value is -3.36. The van der Waals surface area contributed by atoms with Crippen molar-refractivity contribution in [3.63, 3.8) is 0 Å². The Kier molecular flexibility index (Phi) is 5.40. The highest BCUT2D eigenvalue weighted by Gasteiger charge is 2.85. The van der Waals surface area contributed by atoms with Crippen LogP contribution in [0.5, 0.6) is 5.88 Å². The van der Waals surface area contributed by atoms with E-state index in [2.05, 4.69) is 15.8 Å². The molecule has 1 spiro atoms. The third-order valence-corrected chi connectivity index (χ3v) is 8.41. The van der Waals surface area contributed by atoms with Crippen LogP contribution in [0.1, 0.15) is 28.2 Å². The molecule has 190 valence electrons. The van der Waals surface area contributed by atoms with Gasteiger partial charge in [-0.05, 0) is 61.0 Å². The highest BCUT2D eigenvalue weighted by Crippen LogP contribution is 2.73. The minimum absolute atomic E-state index is 0.166. The van der Waals surface area contributed by atoms with E-state index in [0.717, 1.165) is 5.56 Å². The fourth-order valence-corrected chi connectivity index (χ4v) is 7.32. The molecule has 0 radical (unpaired) electrons. The number of benzene rings is 2. The van der Waals surface area contributed by atoms with Crippen LogP contribution in [0.25, 0.3) is 0 Å². The van der Waals surface area contributed by atoms with Crippen molar-refractivity contribution in [1.82, 2.24) is 14.6 Å².